The van der Waals surface area contributed by atoms with Gasteiger partial charge in [0.15, 0.2) is 0 Å². The van der Waals surface area contributed by atoms with E-state index in [-0.39, 0.29) is 23.7 Å². The number of methoxy groups -OCH3 is 1. The van der Waals surface area contributed by atoms with Crippen molar-refractivity contribution in [2.45, 2.75) is 19.8 Å². The van der Waals surface area contributed by atoms with E-state index in [0.717, 1.165) is 5.56 Å². The molecular formula is C12H13NO3. The van der Waals surface area contributed by atoms with E-state index >= 15 is 0 Å². The monoisotopic (exact) mass is 219 g/mol. The van der Waals surface area contributed by atoms with Crippen LogP contribution in [0.1, 0.15) is 23.1 Å². The van der Waals surface area contributed by atoms with Crippen LogP contribution in [0, 0.1) is 18.3 Å². The Kier molecular flexibility index (Phi) is 3.90. The lowest BCUT2D eigenvalue weighted by Crippen LogP contribution is -2.03. The Labute approximate surface area is 94.1 Å². The number of phenols is 1. The number of nitrogens with zero attached hydrogens (tertiary/aromatic N) is 1. The van der Waals surface area contributed by atoms with Crippen molar-refractivity contribution in [2.24, 2.45) is 0 Å². The summed E-state index contributed by atoms with van der Waals surface area (Å²) in [5, 5.41) is 18.3. The SMILES string of the molecule is COC(=O)CCc1ccc(O)c(C#N)c1C. The smallest absolute Gasteiger partial charge is 0.305 e. The van der Waals surface area contributed by atoms with Crippen LogP contribution >= 0.6 is 0 Å². The minimum Gasteiger partial charge on any atom is -0.507 e. The zero-order valence-electron chi connectivity index (χ0n) is 9.28. The van der Waals surface area contributed by atoms with Crippen molar-refractivity contribution in [3.63, 3.8) is 0 Å². The van der Waals surface area contributed by atoms with Gasteiger partial charge in [-0.3, -0.25) is 4.79 Å². The fraction of sp³-hybridized carbons (Fsp3) is 0.333. The number of aromatic hydroxyl groups is 1. The summed E-state index contributed by atoms with van der Waals surface area (Å²) < 4.78 is 4.54. The van der Waals surface area contributed by atoms with Crippen molar-refractivity contribution in [1.82, 2.24) is 0 Å². The van der Waals surface area contributed by atoms with Crippen molar-refractivity contribution in [3.8, 4) is 11.8 Å². The van der Waals surface area contributed by atoms with Crippen LogP contribution in [0.3, 0.4) is 0 Å². The highest BCUT2D eigenvalue weighted by Gasteiger charge is 2.10. The number of benzene rings is 1. The normalized spacial score (nSPS) is 9.56. The highest BCUT2D eigenvalue weighted by atomic mass is 16.5. The summed E-state index contributed by atoms with van der Waals surface area (Å²) in [6.07, 6.45) is 0.778. The number of carbonyl (C=O) groups excluding carboxylic acids is 1. The first kappa shape index (κ1) is 12.1. The molecule has 0 atom stereocenters. The number of hydrogen-bond donors (Lipinski definition) is 1. The van der Waals surface area contributed by atoms with E-state index < -0.39 is 0 Å². The molecule has 1 rings (SSSR count). The van der Waals surface area contributed by atoms with Gasteiger partial charge in [0.2, 0.25) is 0 Å². The molecule has 0 aliphatic carbocycles. The highest BCUT2D eigenvalue weighted by Crippen LogP contribution is 2.23. The molecule has 0 bridgehead atoms. The number of carbonyl (C=O) groups is 1. The second kappa shape index (κ2) is 5.17. The summed E-state index contributed by atoms with van der Waals surface area (Å²) in [6.45, 7) is 1.75. The number of ether oxygens (including phenoxy) is 1. The Morgan fingerprint density at radius 2 is 2.25 bits per heavy atom. The first-order valence-electron chi connectivity index (χ1n) is 4.88. The number of rotatable bonds is 3. The van der Waals surface area contributed by atoms with Crippen LogP contribution < -0.4 is 0 Å². The zero-order valence-corrected chi connectivity index (χ0v) is 9.28. The Balaban J connectivity index is 2.91. The molecule has 0 aliphatic heterocycles. The molecular weight excluding hydrogens is 206 g/mol. The molecule has 0 amide bonds. The molecule has 4 nitrogen and oxygen atoms in total. The summed E-state index contributed by atoms with van der Waals surface area (Å²) in [6, 6.07) is 5.13. The van der Waals surface area contributed by atoms with Gasteiger partial charge in [-0.25, -0.2) is 0 Å². The van der Waals surface area contributed by atoms with Gasteiger partial charge in [0.05, 0.1) is 12.7 Å². The van der Waals surface area contributed by atoms with Crippen molar-refractivity contribution in [1.29, 1.82) is 5.26 Å². The van der Waals surface area contributed by atoms with Crippen molar-refractivity contribution < 1.29 is 14.6 Å². The van der Waals surface area contributed by atoms with Gasteiger partial charge in [0, 0.05) is 6.42 Å². The molecule has 0 aliphatic rings. The first-order valence-corrected chi connectivity index (χ1v) is 4.88. The lowest BCUT2D eigenvalue weighted by Gasteiger charge is -2.07. The summed E-state index contributed by atoms with van der Waals surface area (Å²) in [5.74, 6) is -0.312. The molecule has 0 spiro atoms. The van der Waals surface area contributed by atoms with Crippen LogP contribution in [-0.2, 0) is 16.0 Å². The topological polar surface area (TPSA) is 70.3 Å². The standard InChI is InChI=1S/C12H13NO3/c1-8-9(4-6-12(15)16-2)3-5-11(14)10(8)7-13/h3,5,14H,4,6H2,1-2H3. The maximum atomic E-state index is 11.0. The lowest BCUT2D eigenvalue weighted by molar-refractivity contribution is -0.140. The minimum atomic E-state index is -0.286. The Morgan fingerprint density at radius 3 is 2.81 bits per heavy atom. The predicted molar refractivity (Wildman–Crippen MR) is 57.9 cm³/mol. The van der Waals surface area contributed by atoms with Crippen molar-refractivity contribution in [3.05, 3.63) is 28.8 Å². The molecule has 1 aromatic carbocycles. The van der Waals surface area contributed by atoms with Crippen LogP contribution in [0.15, 0.2) is 12.1 Å². The third-order valence-electron chi connectivity index (χ3n) is 2.49. The van der Waals surface area contributed by atoms with E-state index in [0.29, 0.717) is 12.0 Å². The molecule has 0 heterocycles. The van der Waals surface area contributed by atoms with Gasteiger partial charge in [0.25, 0.3) is 0 Å². The number of nitriles is 1. The molecule has 4 heteroatoms. The van der Waals surface area contributed by atoms with E-state index in [1.807, 2.05) is 6.07 Å². The van der Waals surface area contributed by atoms with Gasteiger partial charge >= 0.3 is 5.97 Å². The van der Waals surface area contributed by atoms with Crippen LogP contribution in [0.25, 0.3) is 0 Å². The minimum absolute atomic E-state index is 0.0261. The number of hydrogen-bond acceptors (Lipinski definition) is 4. The van der Waals surface area contributed by atoms with Gasteiger partial charge in [-0.05, 0) is 30.5 Å². The molecule has 0 fully saturated rings. The van der Waals surface area contributed by atoms with Crippen LogP contribution in [0.4, 0.5) is 0 Å². The molecule has 84 valence electrons. The van der Waals surface area contributed by atoms with Gasteiger partial charge < -0.3 is 9.84 Å². The molecule has 0 radical (unpaired) electrons. The summed E-state index contributed by atoms with van der Waals surface area (Å²) in [7, 11) is 1.34. The summed E-state index contributed by atoms with van der Waals surface area (Å²) in [5.41, 5.74) is 1.86. The van der Waals surface area contributed by atoms with E-state index in [1.165, 1.54) is 13.2 Å². The first-order chi connectivity index (χ1) is 7.60. The van der Waals surface area contributed by atoms with Gasteiger partial charge in [-0.15, -0.1) is 0 Å². The lowest BCUT2D eigenvalue weighted by atomic mass is 9.99. The maximum Gasteiger partial charge on any atom is 0.305 e. The molecule has 1 aromatic rings. The van der Waals surface area contributed by atoms with E-state index in [9.17, 15) is 9.90 Å². The second-order valence-corrected chi connectivity index (χ2v) is 3.43. The van der Waals surface area contributed by atoms with E-state index in [4.69, 9.17) is 5.26 Å². The average molecular weight is 219 g/mol. The predicted octanol–water partition coefficient (Wildman–Crippen LogP) is 1.68. The average Bonchev–Trinajstić information content (AvgIpc) is 2.28. The van der Waals surface area contributed by atoms with Crippen LogP contribution in [0.2, 0.25) is 0 Å². The molecule has 16 heavy (non-hydrogen) atoms. The van der Waals surface area contributed by atoms with E-state index in [2.05, 4.69) is 4.74 Å². The van der Waals surface area contributed by atoms with Crippen LogP contribution in [0.5, 0.6) is 5.75 Å². The summed E-state index contributed by atoms with van der Waals surface area (Å²) in [4.78, 5) is 11.0. The second-order valence-electron chi connectivity index (χ2n) is 3.43. The Hall–Kier alpha value is -2.02. The van der Waals surface area contributed by atoms with Gasteiger partial charge in [-0.2, -0.15) is 5.26 Å². The number of aryl methyl sites for hydroxylation is 1. The van der Waals surface area contributed by atoms with Crippen molar-refractivity contribution in [2.75, 3.05) is 7.11 Å². The van der Waals surface area contributed by atoms with Crippen LogP contribution in [-0.4, -0.2) is 18.2 Å². The largest absolute Gasteiger partial charge is 0.507 e. The third-order valence-corrected chi connectivity index (χ3v) is 2.49. The highest BCUT2D eigenvalue weighted by molar-refractivity contribution is 5.69. The van der Waals surface area contributed by atoms with Gasteiger partial charge in [-0.1, -0.05) is 6.07 Å². The number of esters is 1. The van der Waals surface area contributed by atoms with E-state index in [1.54, 1.807) is 13.0 Å². The molecule has 0 saturated heterocycles. The van der Waals surface area contributed by atoms with Crippen molar-refractivity contribution >= 4 is 5.97 Å². The fourth-order valence-corrected chi connectivity index (χ4v) is 1.49. The fourth-order valence-electron chi connectivity index (χ4n) is 1.49. The zero-order chi connectivity index (χ0) is 12.1. The molecule has 0 saturated carbocycles. The Bertz CT molecular complexity index is 446. The maximum absolute atomic E-state index is 11.0. The number of phenolic OH excluding ortho intramolecular Hbond substituents is 1. The third kappa shape index (κ3) is 2.51. The Morgan fingerprint density at radius 1 is 1.56 bits per heavy atom. The quantitative estimate of drug-likeness (QED) is 0.785. The summed E-state index contributed by atoms with van der Waals surface area (Å²) >= 11 is 0. The molecule has 0 aromatic heterocycles. The molecule has 1 N–H and O–H groups in total. The molecule has 0 unspecified atom stereocenters. The van der Waals surface area contributed by atoms with Gasteiger partial charge in [0.1, 0.15) is 11.8 Å².